The average Bonchev–Trinajstić information content (AvgIpc) is 3.44. The zero-order valence-electron chi connectivity index (χ0n) is 27.9. The van der Waals surface area contributed by atoms with E-state index in [0.717, 1.165) is 0 Å². The van der Waals surface area contributed by atoms with Crippen LogP contribution in [0.4, 0.5) is 9.18 Å². The lowest BCUT2D eigenvalue weighted by atomic mass is 9.85. The summed E-state index contributed by atoms with van der Waals surface area (Å²) >= 11 is 0. The van der Waals surface area contributed by atoms with Gasteiger partial charge in [0, 0.05) is 19.5 Å². The number of ether oxygens (including phenoxy) is 3. The van der Waals surface area contributed by atoms with E-state index in [1.807, 2.05) is 0 Å². The topological polar surface area (TPSA) is 178 Å². The fourth-order valence-corrected chi connectivity index (χ4v) is 4.74. The molecule has 1 aromatic rings. The van der Waals surface area contributed by atoms with Gasteiger partial charge in [-0.3, -0.25) is 14.4 Å². The monoisotopic (exact) mass is 651 g/mol. The number of nitrogens with two attached hydrogens (primary N) is 1. The predicted octanol–water partition coefficient (Wildman–Crippen LogP) is 1.81. The number of rotatable bonds is 14. The Morgan fingerprint density at radius 1 is 0.978 bits per heavy atom. The van der Waals surface area contributed by atoms with Crippen LogP contribution in [-0.4, -0.2) is 97.4 Å². The Labute approximate surface area is 270 Å². The summed E-state index contributed by atoms with van der Waals surface area (Å²) in [5, 5.41) is 7.93. The fraction of sp³-hybridized carbons (Fsp3) is 0.656. The summed E-state index contributed by atoms with van der Waals surface area (Å²) in [7, 11) is 0. The van der Waals surface area contributed by atoms with Gasteiger partial charge in [-0.1, -0.05) is 32.9 Å². The minimum atomic E-state index is -1.12. The summed E-state index contributed by atoms with van der Waals surface area (Å²) in [6.45, 7) is 12.8. The molecule has 1 saturated heterocycles. The zero-order chi connectivity index (χ0) is 34.7. The van der Waals surface area contributed by atoms with Crippen LogP contribution in [0.5, 0.6) is 0 Å². The van der Waals surface area contributed by atoms with Gasteiger partial charge in [0.15, 0.2) is 0 Å². The Kier molecular flexibility index (Phi) is 14.4. The van der Waals surface area contributed by atoms with Crippen molar-refractivity contribution in [2.24, 2.45) is 11.1 Å². The number of alkyl carbamates (subject to hydrolysis) is 1. The third kappa shape index (κ3) is 12.5. The lowest BCUT2D eigenvalue weighted by molar-refractivity contribution is -0.150. The number of nitrogens with one attached hydrogen (secondary N) is 3. The van der Waals surface area contributed by atoms with Crippen LogP contribution < -0.4 is 21.7 Å². The number of esters is 1. The highest BCUT2D eigenvalue weighted by atomic mass is 19.1. The molecule has 1 heterocycles. The number of benzene rings is 1. The van der Waals surface area contributed by atoms with Gasteiger partial charge in [0.05, 0.1) is 13.2 Å². The minimum Gasteiger partial charge on any atom is -0.462 e. The van der Waals surface area contributed by atoms with Crippen molar-refractivity contribution in [1.29, 1.82) is 0 Å². The number of likely N-dealkylation sites (tertiary alicyclic amines) is 1. The van der Waals surface area contributed by atoms with Crippen molar-refractivity contribution in [2.45, 2.75) is 97.5 Å². The number of hydrogen-bond donors (Lipinski definition) is 4. The van der Waals surface area contributed by atoms with Crippen molar-refractivity contribution in [3.63, 3.8) is 0 Å². The Morgan fingerprint density at radius 2 is 1.63 bits per heavy atom. The molecule has 4 amide bonds. The molecular formula is C32H50FN5O8. The maximum atomic E-state index is 13.9. The van der Waals surface area contributed by atoms with Gasteiger partial charge in [-0.25, -0.2) is 14.0 Å². The number of carbonyl (C=O) groups excluding carboxylic acids is 5. The van der Waals surface area contributed by atoms with E-state index in [0.29, 0.717) is 31.6 Å². The quantitative estimate of drug-likeness (QED) is 0.173. The molecule has 0 spiro atoms. The lowest BCUT2D eigenvalue weighted by Gasteiger charge is -2.36. The molecule has 0 radical (unpaired) electrons. The first-order chi connectivity index (χ1) is 21.4. The van der Waals surface area contributed by atoms with Gasteiger partial charge in [-0.15, -0.1) is 0 Å². The Morgan fingerprint density at radius 3 is 2.22 bits per heavy atom. The largest absolute Gasteiger partial charge is 0.462 e. The highest BCUT2D eigenvalue weighted by Crippen LogP contribution is 2.26. The molecule has 1 aromatic carbocycles. The molecule has 14 heteroatoms. The maximum Gasteiger partial charge on any atom is 0.408 e. The molecule has 0 bridgehead atoms. The van der Waals surface area contributed by atoms with Gasteiger partial charge < -0.3 is 40.8 Å². The zero-order valence-corrected chi connectivity index (χ0v) is 27.9. The van der Waals surface area contributed by atoms with Crippen LogP contribution in [0.15, 0.2) is 24.3 Å². The maximum absolute atomic E-state index is 13.9. The second-order valence-electron chi connectivity index (χ2n) is 13.3. The highest BCUT2D eigenvalue weighted by Gasteiger charge is 2.43. The highest BCUT2D eigenvalue weighted by molar-refractivity contribution is 5.95. The van der Waals surface area contributed by atoms with Gasteiger partial charge in [0.25, 0.3) is 0 Å². The van der Waals surface area contributed by atoms with E-state index < -0.39 is 70.8 Å². The molecule has 1 fully saturated rings. The SMILES string of the molecule is C[C@H](NC(=O)OC(C)(C)C)C(=O)N[C@H](C(=O)N1CCC[C@H]1C(=O)N[C@@H](Cc1ccc(F)cc1)C(=O)OCCOCCN)C(C)(C)C. The fourth-order valence-electron chi connectivity index (χ4n) is 4.74. The van der Waals surface area contributed by atoms with Gasteiger partial charge in [-0.2, -0.15) is 0 Å². The Balaban J connectivity index is 2.17. The summed E-state index contributed by atoms with van der Waals surface area (Å²) in [5.74, 6) is -2.79. The summed E-state index contributed by atoms with van der Waals surface area (Å²) in [6, 6.07) is 1.43. The number of amides is 4. The summed E-state index contributed by atoms with van der Waals surface area (Å²) in [4.78, 5) is 67.2. The second kappa shape index (κ2) is 17.2. The van der Waals surface area contributed by atoms with Crippen LogP contribution in [0.1, 0.15) is 66.9 Å². The number of hydrogen-bond acceptors (Lipinski definition) is 9. The Bertz CT molecular complexity index is 1200. The second-order valence-corrected chi connectivity index (χ2v) is 13.3. The minimum absolute atomic E-state index is 0.0262. The van der Waals surface area contributed by atoms with E-state index >= 15 is 0 Å². The van der Waals surface area contributed by atoms with Crippen molar-refractivity contribution >= 4 is 29.8 Å². The van der Waals surface area contributed by atoms with Crippen molar-refractivity contribution in [2.75, 3.05) is 32.9 Å². The lowest BCUT2D eigenvalue weighted by Crippen LogP contribution is -2.60. The first kappa shape index (κ1) is 38.4. The molecular weight excluding hydrogens is 601 g/mol. The third-order valence-corrected chi connectivity index (χ3v) is 7.05. The first-order valence-electron chi connectivity index (χ1n) is 15.5. The molecule has 13 nitrogen and oxygen atoms in total. The van der Waals surface area contributed by atoms with Gasteiger partial charge in [-0.05, 0) is 63.6 Å². The van der Waals surface area contributed by atoms with Crippen LogP contribution in [0.2, 0.25) is 0 Å². The summed E-state index contributed by atoms with van der Waals surface area (Å²) < 4.78 is 29.3. The van der Waals surface area contributed by atoms with E-state index in [1.54, 1.807) is 41.5 Å². The molecule has 1 aliphatic heterocycles. The first-order valence-corrected chi connectivity index (χ1v) is 15.5. The molecule has 0 saturated carbocycles. The molecule has 46 heavy (non-hydrogen) atoms. The van der Waals surface area contributed by atoms with Gasteiger partial charge in [0.1, 0.15) is 42.2 Å². The van der Waals surface area contributed by atoms with E-state index in [-0.39, 0.29) is 26.2 Å². The van der Waals surface area contributed by atoms with E-state index in [2.05, 4.69) is 16.0 Å². The molecule has 2 rings (SSSR count). The van der Waals surface area contributed by atoms with Crippen molar-refractivity contribution in [3.05, 3.63) is 35.6 Å². The summed E-state index contributed by atoms with van der Waals surface area (Å²) in [6.07, 6.45) is 0.112. The molecule has 0 unspecified atom stereocenters. The van der Waals surface area contributed by atoms with Crippen molar-refractivity contribution in [3.8, 4) is 0 Å². The number of nitrogens with zero attached hydrogens (tertiary/aromatic N) is 1. The number of carbonyl (C=O) groups is 5. The third-order valence-electron chi connectivity index (χ3n) is 7.05. The van der Waals surface area contributed by atoms with Crippen LogP contribution >= 0.6 is 0 Å². The molecule has 0 aromatic heterocycles. The average molecular weight is 652 g/mol. The van der Waals surface area contributed by atoms with E-state index in [4.69, 9.17) is 19.9 Å². The van der Waals surface area contributed by atoms with Crippen LogP contribution in [-0.2, 0) is 39.8 Å². The normalized spacial score (nSPS) is 17.0. The Hall–Kier alpha value is -3.78. The number of halogens is 1. The smallest absolute Gasteiger partial charge is 0.408 e. The standard InChI is InChI=1S/C32H50FN5O8/c1-20(35-30(43)46-32(5,6)7)26(39)37-25(31(2,3)4)28(41)38-15-8-9-24(38)27(40)36-23(19-21-10-12-22(33)13-11-21)29(42)45-18-17-44-16-14-34/h10-13,20,23-25H,8-9,14-19,34H2,1-7H3,(H,35,43)(H,36,40)(H,37,39)/t20-,23-,24-,25+/m0/s1. The van der Waals surface area contributed by atoms with Gasteiger partial charge in [0.2, 0.25) is 17.7 Å². The molecule has 4 atom stereocenters. The van der Waals surface area contributed by atoms with E-state index in [9.17, 15) is 28.4 Å². The van der Waals surface area contributed by atoms with Crippen LogP contribution in [0.25, 0.3) is 0 Å². The van der Waals surface area contributed by atoms with E-state index in [1.165, 1.54) is 36.1 Å². The van der Waals surface area contributed by atoms with Crippen molar-refractivity contribution in [1.82, 2.24) is 20.9 Å². The summed E-state index contributed by atoms with van der Waals surface area (Å²) in [5.41, 5.74) is 4.47. The van der Waals surface area contributed by atoms with Crippen LogP contribution in [0, 0.1) is 11.2 Å². The van der Waals surface area contributed by atoms with Crippen LogP contribution in [0.3, 0.4) is 0 Å². The molecule has 0 aliphatic carbocycles. The molecule has 1 aliphatic rings. The molecule has 258 valence electrons. The van der Waals surface area contributed by atoms with Gasteiger partial charge >= 0.3 is 12.1 Å². The predicted molar refractivity (Wildman–Crippen MR) is 168 cm³/mol. The molecule has 5 N–H and O–H groups in total. The van der Waals surface area contributed by atoms with Crippen molar-refractivity contribution < 1.29 is 42.6 Å².